The van der Waals surface area contributed by atoms with Gasteiger partial charge in [-0.3, -0.25) is 4.79 Å². The van der Waals surface area contributed by atoms with Crippen LogP contribution in [0.2, 0.25) is 0 Å². The molecule has 0 saturated heterocycles. The Balaban J connectivity index is 1.91. The molecule has 0 atom stereocenters. The van der Waals surface area contributed by atoms with Gasteiger partial charge in [0.05, 0.1) is 5.69 Å². The number of rotatable bonds is 5. The molecule has 3 nitrogen and oxygen atoms in total. The minimum Gasteiger partial charge on any atom is -0.310 e. The molecule has 0 amide bonds. The lowest BCUT2D eigenvalue weighted by molar-refractivity contribution is 0.515. The first-order valence-corrected chi connectivity index (χ1v) is 8.70. The zero-order valence-electron chi connectivity index (χ0n) is 14.1. The Bertz CT molecular complexity index is 697. The highest BCUT2D eigenvalue weighted by atomic mass is 16.1. The smallest absolute Gasteiger partial charge is 0.255 e. The standard InChI is InChI=1S/C20H26N2O/c1-15(2)22-19(16-8-4-3-5-9-16)13-12-17(20(22)23)14-21-18-10-6-7-11-18/h3-5,8-9,12-13,15,18,21H,6-7,10-11,14H2,1-2H3. The molecule has 3 heteroatoms. The van der Waals surface area contributed by atoms with Crippen molar-refractivity contribution in [1.82, 2.24) is 9.88 Å². The average Bonchev–Trinajstić information content (AvgIpc) is 3.07. The first kappa shape index (κ1) is 16.0. The minimum atomic E-state index is 0.131. The third-order valence-electron chi connectivity index (χ3n) is 4.72. The van der Waals surface area contributed by atoms with Crippen molar-refractivity contribution >= 4 is 0 Å². The van der Waals surface area contributed by atoms with Crippen molar-refractivity contribution in [2.45, 2.75) is 58.2 Å². The number of nitrogens with one attached hydrogen (secondary N) is 1. The largest absolute Gasteiger partial charge is 0.310 e. The molecule has 0 aliphatic heterocycles. The van der Waals surface area contributed by atoms with Gasteiger partial charge in [-0.1, -0.05) is 49.2 Å². The zero-order chi connectivity index (χ0) is 16.2. The fourth-order valence-electron chi connectivity index (χ4n) is 3.47. The van der Waals surface area contributed by atoms with Crippen LogP contribution < -0.4 is 10.9 Å². The van der Waals surface area contributed by atoms with E-state index in [1.165, 1.54) is 25.7 Å². The van der Waals surface area contributed by atoms with E-state index < -0.39 is 0 Å². The van der Waals surface area contributed by atoms with E-state index in [2.05, 4.69) is 37.4 Å². The van der Waals surface area contributed by atoms with Crippen LogP contribution in [0.25, 0.3) is 11.3 Å². The normalized spacial score (nSPS) is 15.4. The molecule has 1 aliphatic rings. The lowest BCUT2D eigenvalue weighted by Gasteiger charge is -2.19. The Kier molecular flexibility index (Phi) is 4.97. The van der Waals surface area contributed by atoms with E-state index in [9.17, 15) is 4.79 Å². The molecule has 1 aliphatic carbocycles. The van der Waals surface area contributed by atoms with E-state index in [1.54, 1.807) is 0 Å². The maximum Gasteiger partial charge on any atom is 0.255 e. The summed E-state index contributed by atoms with van der Waals surface area (Å²) < 4.78 is 1.92. The van der Waals surface area contributed by atoms with E-state index in [0.29, 0.717) is 12.6 Å². The summed E-state index contributed by atoms with van der Waals surface area (Å²) in [6.07, 6.45) is 5.09. The van der Waals surface area contributed by atoms with Crippen molar-refractivity contribution < 1.29 is 0 Å². The zero-order valence-corrected chi connectivity index (χ0v) is 14.1. The lowest BCUT2D eigenvalue weighted by Crippen LogP contribution is -2.32. The quantitative estimate of drug-likeness (QED) is 0.901. The summed E-state index contributed by atoms with van der Waals surface area (Å²) in [4.78, 5) is 12.9. The van der Waals surface area contributed by atoms with Crippen LogP contribution in [0.5, 0.6) is 0 Å². The summed E-state index contributed by atoms with van der Waals surface area (Å²) in [7, 11) is 0. The van der Waals surface area contributed by atoms with Crippen LogP contribution in [0, 0.1) is 0 Å². The van der Waals surface area contributed by atoms with Crippen molar-refractivity contribution in [3.05, 3.63) is 58.4 Å². The summed E-state index contributed by atoms with van der Waals surface area (Å²) in [6.45, 7) is 4.81. The summed E-state index contributed by atoms with van der Waals surface area (Å²) in [5, 5.41) is 3.55. The van der Waals surface area contributed by atoms with Crippen molar-refractivity contribution in [3.63, 3.8) is 0 Å². The van der Waals surface area contributed by atoms with Gasteiger partial charge in [-0.05, 0) is 38.3 Å². The van der Waals surface area contributed by atoms with Gasteiger partial charge in [0.2, 0.25) is 0 Å². The fraction of sp³-hybridized carbons (Fsp3) is 0.450. The molecule has 1 aromatic heterocycles. The van der Waals surface area contributed by atoms with E-state index in [0.717, 1.165) is 16.8 Å². The minimum absolute atomic E-state index is 0.131. The molecule has 1 fully saturated rings. The van der Waals surface area contributed by atoms with Crippen LogP contribution in [-0.2, 0) is 6.54 Å². The summed E-state index contributed by atoms with van der Waals surface area (Å²) >= 11 is 0. The van der Waals surface area contributed by atoms with Crippen molar-refractivity contribution in [2.24, 2.45) is 0 Å². The van der Waals surface area contributed by atoms with Crippen LogP contribution in [0.4, 0.5) is 0 Å². The second kappa shape index (κ2) is 7.14. The van der Waals surface area contributed by atoms with Crippen LogP contribution in [-0.4, -0.2) is 10.6 Å². The first-order chi connectivity index (χ1) is 11.2. The lowest BCUT2D eigenvalue weighted by atomic mass is 10.1. The van der Waals surface area contributed by atoms with Gasteiger partial charge >= 0.3 is 0 Å². The number of pyridine rings is 1. The van der Waals surface area contributed by atoms with Gasteiger partial charge < -0.3 is 9.88 Å². The van der Waals surface area contributed by atoms with Gasteiger partial charge in [0.1, 0.15) is 0 Å². The molecular weight excluding hydrogens is 284 g/mol. The second-order valence-electron chi connectivity index (χ2n) is 6.74. The Morgan fingerprint density at radius 1 is 1.09 bits per heavy atom. The molecule has 0 unspecified atom stereocenters. The summed E-state index contributed by atoms with van der Waals surface area (Å²) in [5.41, 5.74) is 3.08. The summed E-state index contributed by atoms with van der Waals surface area (Å²) in [5.74, 6) is 0. The molecule has 3 rings (SSSR count). The third-order valence-corrected chi connectivity index (χ3v) is 4.72. The number of aromatic nitrogens is 1. The molecule has 1 saturated carbocycles. The molecule has 23 heavy (non-hydrogen) atoms. The molecule has 1 aromatic carbocycles. The van der Waals surface area contributed by atoms with Crippen LogP contribution >= 0.6 is 0 Å². The van der Waals surface area contributed by atoms with Gasteiger partial charge in [-0.15, -0.1) is 0 Å². The average molecular weight is 310 g/mol. The van der Waals surface area contributed by atoms with Crippen LogP contribution in [0.3, 0.4) is 0 Å². The Hall–Kier alpha value is -1.87. The molecule has 1 N–H and O–H groups in total. The summed E-state index contributed by atoms with van der Waals surface area (Å²) in [6, 6.07) is 14.9. The monoisotopic (exact) mass is 310 g/mol. The molecule has 2 aromatic rings. The molecular formula is C20H26N2O. The highest BCUT2D eigenvalue weighted by Crippen LogP contribution is 2.22. The molecule has 0 radical (unpaired) electrons. The predicted octanol–water partition coefficient (Wildman–Crippen LogP) is 4.13. The van der Waals surface area contributed by atoms with Gasteiger partial charge in [-0.2, -0.15) is 0 Å². The van der Waals surface area contributed by atoms with E-state index in [-0.39, 0.29) is 11.6 Å². The highest BCUT2D eigenvalue weighted by molar-refractivity contribution is 5.59. The third kappa shape index (κ3) is 3.56. The topological polar surface area (TPSA) is 34.0 Å². The maximum atomic E-state index is 12.9. The van der Waals surface area contributed by atoms with Gasteiger partial charge in [-0.25, -0.2) is 0 Å². The number of benzene rings is 1. The van der Waals surface area contributed by atoms with E-state index in [4.69, 9.17) is 0 Å². The molecule has 0 spiro atoms. The fourth-order valence-corrected chi connectivity index (χ4v) is 3.47. The van der Waals surface area contributed by atoms with Crippen LogP contribution in [0.15, 0.2) is 47.3 Å². The first-order valence-electron chi connectivity index (χ1n) is 8.70. The SMILES string of the molecule is CC(C)n1c(-c2ccccc2)ccc(CNC2CCCC2)c1=O. The molecule has 122 valence electrons. The number of hydrogen-bond donors (Lipinski definition) is 1. The van der Waals surface area contributed by atoms with E-state index >= 15 is 0 Å². The maximum absolute atomic E-state index is 12.9. The second-order valence-corrected chi connectivity index (χ2v) is 6.74. The van der Waals surface area contributed by atoms with Crippen molar-refractivity contribution in [2.75, 3.05) is 0 Å². The van der Waals surface area contributed by atoms with Gasteiger partial charge in [0, 0.05) is 24.2 Å². The van der Waals surface area contributed by atoms with Crippen LogP contribution in [0.1, 0.15) is 51.1 Å². The van der Waals surface area contributed by atoms with E-state index in [1.807, 2.05) is 28.8 Å². The van der Waals surface area contributed by atoms with Crippen molar-refractivity contribution in [3.8, 4) is 11.3 Å². The number of hydrogen-bond acceptors (Lipinski definition) is 2. The number of nitrogens with zero attached hydrogens (tertiary/aromatic N) is 1. The highest BCUT2D eigenvalue weighted by Gasteiger charge is 2.16. The van der Waals surface area contributed by atoms with Gasteiger partial charge in [0.15, 0.2) is 0 Å². The van der Waals surface area contributed by atoms with Gasteiger partial charge in [0.25, 0.3) is 5.56 Å². The molecule has 1 heterocycles. The Morgan fingerprint density at radius 2 is 1.78 bits per heavy atom. The Labute approximate surface area is 138 Å². The van der Waals surface area contributed by atoms with Crippen molar-refractivity contribution in [1.29, 1.82) is 0 Å². The Morgan fingerprint density at radius 3 is 2.43 bits per heavy atom. The predicted molar refractivity (Wildman–Crippen MR) is 95.6 cm³/mol. The molecule has 0 bridgehead atoms.